The second kappa shape index (κ2) is 5.38. The number of nitrogens with two attached hydrogens (primary N) is 1. The molecule has 0 spiro atoms. The number of rotatable bonds is 2. The molecule has 0 aromatic heterocycles. The van der Waals surface area contributed by atoms with Gasteiger partial charge < -0.3 is 5.73 Å². The van der Waals surface area contributed by atoms with Gasteiger partial charge in [0.2, 0.25) is 0 Å². The minimum absolute atomic E-state index is 0.605. The highest BCUT2D eigenvalue weighted by atomic mass is 35.5. The fourth-order valence-corrected chi connectivity index (χ4v) is 0.295. The molecule has 0 aliphatic heterocycles. The fourth-order valence-electron chi connectivity index (χ4n) is 0.238. The average Bonchev–Trinajstić information content (AvgIpc) is 1.89. The SMILES string of the molecule is C\C=C(Cl)/C=N\C=C/N. The van der Waals surface area contributed by atoms with Gasteiger partial charge in [0, 0.05) is 18.6 Å². The topological polar surface area (TPSA) is 38.4 Å². The number of nitrogens with zero attached hydrogens (tertiary/aromatic N) is 1. The van der Waals surface area contributed by atoms with Crippen molar-refractivity contribution < 1.29 is 0 Å². The predicted octanol–water partition coefficient (Wildman–Crippen LogP) is 1.63. The van der Waals surface area contributed by atoms with Crippen LogP contribution in [-0.2, 0) is 0 Å². The van der Waals surface area contributed by atoms with E-state index in [9.17, 15) is 0 Å². The zero-order chi connectivity index (χ0) is 7.11. The number of allylic oxidation sites excluding steroid dienone is 2. The van der Waals surface area contributed by atoms with Crippen molar-refractivity contribution >= 4 is 17.8 Å². The smallest absolute Gasteiger partial charge is 0.0546 e. The molecule has 0 rings (SSSR count). The molecule has 0 amide bonds. The van der Waals surface area contributed by atoms with Gasteiger partial charge in [-0.2, -0.15) is 0 Å². The maximum atomic E-state index is 5.54. The van der Waals surface area contributed by atoms with E-state index in [1.807, 2.05) is 6.92 Å². The lowest BCUT2D eigenvalue weighted by atomic mass is 10.5. The second-order valence-corrected chi connectivity index (χ2v) is 1.73. The van der Waals surface area contributed by atoms with E-state index in [0.29, 0.717) is 5.03 Å². The number of halogens is 1. The van der Waals surface area contributed by atoms with Gasteiger partial charge in [-0.15, -0.1) is 0 Å². The Hall–Kier alpha value is -0.760. The van der Waals surface area contributed by atoms with Crippen molar-refractivity contribution in [2.75, 3.05) is 0 Å². The minimum atomic E-state index is 0.605. The monoisotopic (exact) mass is 144 g/mol. The highest BCUT2D eigenvalue weighted by Gasteiger charge is 1.76. The summed E-state index contributed by atoms with van der Waals surface area (Å²) in [7, 11) is 0. The average molecular weight is 145 g/mol. The third-order valence-electron chi connectivity index (χ3n) is 0.646. The van der Waals surface area contributed by atoms with Crippen LogP contribution in [0.3, 0.4) is 0 Å². The zero-order valence-corrected chi connectivity index (χ0v) is 5.97. The Morgan fingerprint density at radius 3 is 2.78 bits per heavy atom. The summed E-state index contributed by atoms with van der Waals surface area (Å²) >= 11 is 5.54. The summed E-state index contributed by atoms with van der Waals surface area (Å²) in [5.41, 5.74) is 5.00. The van der Waals surface area contributed by atoms with Gasteiger partial charge in [0.25, 0.3) is 0 Å². The molecule has 3 heteroatoms. The Morgan fingerprint density at radius 2 is 2.33 bits per heavy atom. The van der Waals surface area contributed by atoms with Gasteiger partial charge in [-0.25, -0.2) is 0 Å². The van der Waals surface area contributed by atoms with Crippen molar-refractivity contribution in [2.24, 2.45) is 10.7 Å². The van der Waals surface area contributed by atoms with Crippen LogP contribution in [-0.4, -0.2) is 6.21 Å². The Bertz CT molecular complexity index is 147. The van der Waals surface area contributed by atoms with Gasteiger partial charge in [0.1, 0.15) is 0 Å². The van der Waals surface area contributed by atoms with Gasteiger partial charge >= 0.3 is 0 Å². The normalized spacial score (nSPS) is 13.8. The number of hydrogen-bond donors (Lipinski definition) is 1. The zero-order valence-electron chi connectivity index (χ0n) is 5.21. The second-order valence-electron chi connectivity index (χ2n) is 1.29. The first-order valence-electron chi connectivity index (χ1n) is 2.53. The Balaban J connectivity index is 3.71. The number of hydrogen-bond acceptors (Lipinski definition) is 2. The van der Waals surface area contributed by atoms with E-state index in [1.54, 1.807) is 6.08 Å². The summed E-state index contributed by atoms with van der Waals surface area (Å²) in [5.74, 6) is 0. The van der Waals surface area contributed by atoms with Crippen molar-refractivity contribution in [3.63, 3.8) is 0 Å². The Kier molecular flexibility index (Phi) is 4.92. The highest BCUT2D eigenvalue weighted by molar-refractivity contribution is 6.39. The van der Waals surface area contributed by atoms with Crippen LogP contribution in [0.15, 0.2) is 28.5 Å². The van der Waals surface area contributed by atoms with Gasteiger partial charge in [-0.1, -0.05) is 17.7 Å². The summed E-state index contributed by atoms with van der Waals surface area (Å²) < 4.78 is 0. The van der Waals surface area contributed by atoms with Crippen LogP contribution < -0.4 is 5.73 Å². The molecule has 0 aliphatic rings. The van der Waals surface area contributed by atoms with Gasteiger partial charge in [0.15, 0.2) is 0 Å². The summed E-state index contributed by atoms with van der Waals surface area (Å²) in [6, 6.07) is 0. The molecule has 0 unspecified atom stereocenters. The molecule has 0 atom stereocenters. The van der Waals surface area contributed by atoms with Crippen molar-refractivity contribution in [2.45, 2.75) is 6.92 Å². The first kappa shape index (κ1) is 8.24. The van der Waals surface area contributed by atoms with Crippen LogP contribution in [0.5, 0.6) is 0 Å². The molecule has 0 saturated heterocycles. The molecule has 9 heavy (non-hydrogen) atoms. The Morgan fingerprint density at radius 1 is 1.67 bits per heavy atom. The molecule has 0 radical (unpaired) electrons. The summed E-state index contributed by atoms with van der Waals surface area (Å²) in [5, 5.41) is 0.605. The highest BCUT2D eigenvalue weighted by Crippen LogP contribution is 1.94. The molecule has 0 aromatic rings. The predicted molar refractivity (Wildman–Crippen MR) is 41.4 cm³/mol. The van der Waals surface area contributed by atoms with Crippen LogP contribution in [0, 0.1) is 0 Å². The molecule has 50 valence electrons. The van der Waals surface area contributed by atoms with Crippen molar-refractivity contribution in [3.05, 3.63) is 23.5 Å². The minimum Gasteiger partial charge on any atom is -0.403 e. The quantitative estimate of drug-likeness (QED) is 0.588. The third kappa shape index (κ3) is 5.11. The molecule has 0 bridgehead atoms. The molecule has 2 N–H and O–H groups in total. The van der Waals surface area contributed by atoms with E-state index in [0.717, 1.165) is 0 Å². The summed E-state index contributed by atoms with van der Waals surface area (Å²) in [6.07, 6.45) is 6.07. The number of aliphatic imine (C=N–C) groups is 1. The van der Waals surface area contributed by atoms with E-state index in [-0.39, 0.29) is 0 Å². The molecule has 2 nitrogen and oxygen atoms in total. The lowest BCUT2D eigenvalue weighted by Gasteiger charge is -1.79. The van der Waals surface area contributed by atoms with Gasteiger partial charge in [0.05, 0.1) is 5.03 Å². The largest absolute Gasteiger partial charge is 0.403 e. The van der Waals surface area contributed by atoms with Crippen molar-refractivity contribution in [3.8, 4) is 0 Å². The Labute approximate surface area is 59.7 Å². The first-order chi connectivity index (χ1) is 4.31. The molecule has 0 aromatic carbocycles. The molecule has 0 aliphatic carbocycles. The molecule has 0 saturated carbocycles. The van der Waals surface area contributed by atoms with E-state index in [1.165, 1.54) is 18.6 Å². The van der Waals surface area contributed by atoms with Crippen LogP contribution >= 0.6 is 11.6 Å². The maximum absolute atomic E-state index is 5.54. The van der Waals surface area contributed by atoms with Crippen LogP contribution in [0.4, 0.5) is 0 Å². The summed E-state index contributed by atoms with van der Waals surface area (Å²) in [6.45, 7) is 1.83. The summed E-state index contributed by atoms with van der Waals surface area (Å²) in [4.78, 5) is 3.73. The lowest BCUT2D eigenvalue weighted by Crippen LogP contribution is -1.74. The van der Waals surface area contributed by atoms with Crippen LogP contribution in [0.1, 0.15) is 6.92 Å². The van der Waals surface area contributed by atoms with Crippen LogP contribution in [0.25, 0.3) is 0 Å². The van der Waals surface area contributed by atoms with E-state index < -0.39 is 0 Å². The molecular formula is C6H9ClN2. The third-order valence-corrected chi connectivity index (χ3v) is 0.962. The van der Waals surface area contributed by atoms with Crippen molar-refractivity contribution in [1.29, 1.82) is 0 Å². The first-order valence-corrected chi connectivity index (χ1v) is 2.90. The van der Waals surface area contributed by atoms with E-state index >= 15 is 0 Å². The molecule has 0 heterocycles. The van der Waals surface area contributed by atoms with E-state index in [2.05, 4.69) is 4.99 Å². The van der Waals surface area contributed by atoms with Crippen LogP contribution in [0.2, 0.25) is 0 Å². The van der Waals surface area contributed by atoms with Gasteiger partial charge in [-0.05, 0) is 6.92 Å². The van der Waals surface area contributed by atoms with Gasteiger partial charge in [-0.3, -0.25) is 4.99 Å². The maximum Gasteiger partial charge on any atom is 0.0546 e. The van der Waals surface area contributed by atoms with E-state index in [4.69, 9.17) is 17.3 Å². The molecule has 0 fully saturated rings. The molecular weight excluding hydrogens is 136 g/mol. The fraction of sp³-hybridized carbons (Fsp3) is 0.167. The lowest BCUT2D eigenvalue weighted by molar-refractivity contribution is 1.49. The van der Waals surface area contributed by atoms with Crippen molar-refractivity contribution in [1.82, 2.24) is 0 Å². The standard InChI is InChI=1S/C6H9ClN2/c1-2-6(7)5-9-4-3-8/h2-5H,8H2,1H3/b4-3-,6-2+,9-5-.